The van der Waals surface area contributed by atoms with Crippen LogP contribution in [0.25, 0.3) is 10.2 Å². The van der Waals surface area contributed by atoms with Gasteiger partial charge in [-0.2, -0.15) is 0 Å². The summed E-state index contributed by atoms with van der Waals surface area (Å²) in [5, 5.41) is 1.16. The number of benzene rings is 1. The van der Waals surface area contributed by atoms with Crippen molar-refractivity contribution in [1.82, 2.24) is 19.9 Å². The summed E-state index contributed by atoms with van der Waals surface area (Å²) >= 11 is 1.80. The number of rotatable bonds is 6. The summed E-state index contributed by atoms with van der Waals surface area (Å²) in [7, 11) is 0. The number of fused-ring (bicyclic) bond motifs is 1. The number of aromatic nitrogens is 3. The summed E-state index contributed by atoms with van der Waals surface area (Å²) < 4.78 is 1.27. The number of hydrogen-bond acceptors (Lipinski definition) is 5. The zero-order valence-corrected chi connectivity index (χ0v) is 15.6. The van der Waals surface area contributed by atoms with E-state index in [1.807, 2.05) is 6.20 Å². The smallest absolute Gasteiger partial charge is 0.186 e. The largest absolute Gasteiger partial charge is 0.345 e. The number of H-pyrrole nitrogens is 1. The molecule has 0 aliphatic carbocycles. The third-order valence-corrected chi connectivity index (χ3v) is 5.86. The minimum absolute atomic E-state index is 0.965. The van der Waals surface area contributed by atoms with Gasteiger partial charge in [0.1, 0.15) is 5.82 Å². The molecule has 1 aliphatic rings. The first-order valence-corrected chi connectivity index (χ1v) is 9.99. The normalized spacial score (nSPS) is 16.0. The topological polar surface area (TPSA) is 48.1 Å². The van der Waals surface area contributed by atoms with Gasteiger partial charge in [-0.1, -0.05) is 36.8 Å². The van der Waals surface area contributed by atoms with Crippen molar-refractivity contribution in [3.05, 3.63) is 42.0 Å². The van der Waals surface area contributed by atoms with Crippen LogP contribution in [-0.4, -0.2) is 46.0 Å². The summed E-state index contributed by atoms with van der Waals surface area (Å²) in [6.07, 6.45) is 5.48. The van der Waals surface area contributed by atoms with E-state index in [0.29, 0.717) is 0 Å². The molecule has 5 nitrogen and oxygen atoms in total. The lowest BCUT2D eigenvalue weighted by Gasteiger charge is -2.34. The molecule has 1 N–H and O–H groups in total. The van der Waals surface area contributed by atoms with E-state index in [0.717, 1.165) is 55.6 Å². The highest BCUT2D eigenvalue weighted by Crippen LogP contribution is 2.29. The van der Waals surface area contributed by atoms with Gasteiger partial charge in [0.15, 0.2) is 5.13 Å². The number of para-hydroxylation sites is 1. The number of piperazine rings is 1. The molecule has 25 heavy (non-hydrogen) atoms. The second-order valence-corrected chi connectivity index (χ2v) is 7.70. The molecule has 0 unspecified atom stereocenters. The molecule has 1 saturated heterocycles. The maximum absolute atomic E-state index is 4.79. The highest BCUT2D eigenvalue weighted by Gasteiger charge is 2.20. The van der Waals surface area contributed by atoms with Crippen LogP contribution in [0.1, 0.15) is 31.3 Å². The van der Waals surface area contributed by atoms with Gasteiger partial charge in [-0.3, -0.25) is 4.90 Å². The second kappa shape index (κ2) is 7.54. The van der Waals surface area contributed by atoms with E-state index in [-0.39, 0.29) is 0 Å². The van der Waals surface area contributed by atoms with Crippen LogP contribution in [0.2, 0.25) is 0 Å². The van der Waals surface area contributed by atoms with E-state index in [1.54, 1.807) is 11.3 Å². The van der Waals surface area contributed by atoms with Crippen LogP contribution in [0.5, 0.6) is 0 Å². The van der Waals surface area contributed by atoms with Crippen LogP contribution >= 0.6 is 11.3 Å². The van der Waals surface area contributed by atoms with Crippen LogP contribution < -0.4 is 4.90 Å². The van der Waals surface area contributed by atoms with Gasteiger partial charge in [-0.25, -0.2) is 9.97 Å². The summed E-state index contributed by atoms with van der Waals surface area (Å²) in [5.74, 6) is 1.13. The summed E-state index contributed by atoms with van der Waals surface area (Å²) in [5.41, 5.74) is 2.35. The first-order valence-electron chi connectivity index (χ1n) is 9.17. The van der Waals surface area contributed by atoms with E-state index in [4.69, 9.17) is 4.98 Å². The molecule has 3 heterocycles. The average molecular weight is 356 g/mol. The van der Waals surface area contributed by atoms with Gasteiger partial charge in [0, 0.05) is 51.0 Å². The molecule has 2 aromatic heterocycles. The zero-order valence-electron chi connectivity index (χ0n) is 14.7. The van der Waals surface area contributed by atoms with Gasteiger partial charge >= 0.3 is 0 Å². The Balaban J connectivity index is 1.32. The molecular formula is C19H25N5S. The van der Waals surface area contributed by atoms with Crippen LogP contribution in [0.4, 0.5) is 5.13 Å². The molecule has 3 aromatic rings. The quantitative estimate of drug-likeness (QED) is 0.733. The fourth-order valence-corrected chi connectivity index (χ4v) is 4.31. The van der Waals surface area contributed by atoms with E-state index in [1.165, 1.54) is 23.2 Å². The van der Waals surface area contributed by atoms with Crippen molar-refractivity contribution in [3.8, 4) is 0 Å². The molecule has 0 atom stereocenters. The van der Waals surface area contributed by atoms with Gasteiger partial charge in [-0.15, -0.1) is 0 Å². The van der Waals surface area contributed by atoms with Crippen molar-refractivity contribution >= 4 is 26.7 Å². The van der Waals surface area contributed by atoms with Crippen molar-refractivity contribution in [2.24, 2.45) is 0 Å². The lowest BCUT2D eigenvalue weighted by atomic mass is 10.2. The summed E-state index contributed by atoms with van der Waals surface area (Å²) in [6.45, 7) is 7.40. The maximum Gasteiger partial charge on any atom is 0.186 e. The third kappa shape index (κ3) is 3.85. The number of hydrogen-bond donors (Lipinski definition) is 1. The first-order chi connectivity index (χ1) is 12.3. The van der Waals surface area contributed by atoms with Gasteiger partial charge in [-0.05, 0) is 18.6 Å². The average Bonchev–Trinajstić information content (AvgIpc) is 3.27. The molecule has 1 aromatic carbocycles. The second-order valence-electron chi connectivity index (χ2n) is 6.69. The molecule has 6 heteroatoms. The Morgan fingerprint density at radius 3 is 2.80 bits per heavy atom. The Bertz CT molecular complexity index is 783. The highest BCUT2D eigenvalue weighted by atomic mass is 32.1. The van der Waals surface area contributed by atoms with Crippen molar-refractivity contribution in [2.45, 2.75) is 32.7 Å². The van der Waals surface area contributed by atoms with Crippen LogP contribution in [0.3, 0.4) is 0 Å². The molecular weight excluding hydrogens is 330 g/mol. The lowest BCUT2D eigenvalue weighted by Crippen LogP contribution is -2.46. The Morgan fingerprint density at radius 2 is 2.00 bits per heavy atom. The van der Waals surface area contributed by atoms with Gasteiger partial charge in [0.25, 0.3) is 0 Å². The fraction of sp³-hybridized carbons (Fsp3) is 0.474. The predicted octanol–water partition coefficient (Wildman–Crippen LogP) is 3.68. The SMILES string of the molecule is CCCCc1ncc(CN2CCN(c3nc4ccccc4s3)CC2)[nH]1. The van der Waals surface area contributed by atoms with Gasteiger partial charge in [0.2, 0.25) is 0 Å². The fourth-order valence-electron chi connectivity index (χ4n) is 3.29. The molecule has 4 rings (SSSR count). The van der Waals surface area contributed by atoms with Crippen LogP contribution in [-0.2, 0) is 13.0 Å². The zero-order chi connectivity index (χ0) is 17.1. The lowest BCUT2D eigenvalue weighted by molar-refractivity contribution is 0.247. The van der Waals surface area contributed by atoms with E-state index < -0.39 is 0 Å². The molecule has 0 bridgehead atoms. The Labute approximate surface area is 152 Å². The van der Waals surface area contributed by atoms with Crippen molar-refractivity contribution in [3.63, 3.8) is 0 Å². The molecule has 1 fully saturated rings. The molecule has 0 saturated carbocycles. The molecule has 1 aliphatic heterocycles. The molecule has 132 valence electrons. The highest BCUT2D eigenvalue weighted by molar-refractivity contribution is 7.22. The van der Waals surface area contributed by atoms with Crippen molar-refractivity contribution < 1.29 is 0 Å². The monoisotopic (exact) mass is 355 g/mol. The van der Waals surface area contributed by atoms with Gasteiger partial charge < -0.3 is 9.88 Å². The predicted molar refractivity (Wildman–Crippen MR) is 104 cm³/mol. The maximum atomic E-state index is 4.79. The Morgan fingerprint density at radius 1 is 1.16 bits per heavy atom. The van der Waals surface area contributed by atoms with Crippen LogP contribution in [0.15, 0.2) is 30.5 Å². The van der Waals surface area contributed by atoms with Crippen LogP contribution in [0, 0.1) is 0 Å². The molecule has 0 radical (unpaired) electrons. The molecule has 0 spiro atoms. The summed E-state index contributed by atoms with van der Waals surface area (Å²) in [6, 6.07) is 8.39. The number of imidazole rings is 1. The Kier molecular flexibility index (Phi) is 4.99. The van der Waals surface area contributed by atoms with E-state index >= 15 is 0 Å². The number of aryl methyl sites for hydroxylation is 1. The standard InChI is InChI=1S/C19H25N5S/c1-2-3-8-18-20-13-15(21-18)14-23-9-11-24(12-10-23)19-22-16-6-4-5-7-17(16)25-19/h4-7,13H,2-3,8-12,14H2,1H3,(H,20,21). The summed E-state index contributed by atoms with van der Waals surface area (Å²) in [4.78, 5) is 17.7. The number of nitrogens with zero attached hydrogens (tertiary/aromatic N) is 4. The minimum Gasteiger partial charge on any atom is -0.345 e. The van der Waals surface area contributed by atoms with Crippen molar-refractivity contribution in [2.75, 3.05) is 31.1 Å². The first kappa shape index (κ1) is 16.5. The number of unbranched alkanes of at least 4 members (excludes halogenated alkanes) is 1. The number of aromatic amines is 1. The van der Waals surface area contributed by atoms with E-state index in [9.17, 15) is 0 Å². The Hall–Kier alpha value is -1.92. The third-order valence-electron chi connectivity index (χ3n) is 4.77. The molecule has 0 amide bonds. The number of anilines is 1. The van der Waals surface area contributed by atoms with Gasteiger partial charge in [0.05, 0.1) is 10.2 Å². The van der Waals surface area contributed by atoms with E-state index in [2.05, 4.69) is 51.0 Å². The van der Waals surface area contributed by atoms with Crippen molar-refractivity contribution in [1.29, 1.82) is 0 Å². The minimum atomic E-state index is 0.965. The number of thiazole rings is 1. The number of nitrogens with one attached hydrogen (secondary N) is 1.